The van der Waals surface area contributed by atoms with Gasteiger partial charge in [0.25, 0.3) is 5.56 Å². The molecule has 1 N–H and O–H groups in total. The molecule has 5 heteroatoms. The number of aryl methyl sites for hydroxylation is 1. The number of nitrogens with zero attached hydrogens (tertiary/aromatic N) is 3. The van der Waals surface area contributed by atoms with Gasteiger partial charge >= 0.3 is 0 Å². The van der Waals surface area contributed by atoms with Crippen molar-refractivity contribution in [1.29, 1.82) is 0 Å². The molecule has 2 aromatic carbocycles. The van der Waals surface area contributed by atoms with Crippen LogP contribution < -0.4 is 5.56 Å². The summed E-state index contributed by atoms with van der Waals surface area (Å²) in [6, 6.07) is 20.7. The minimum Gasteiger partial charge on any atom is -0.310 e. The summed E-state index contributed by atoms with van der Waals surface area (Å²) >= 11 is 0. The van der Waals surface area contributed by atoms with Crippen molar-refractivity contribution in [3.8, 4) is 0 Å². The average molecular weight is 372 g/mol. The first-order chi connectivity index (χ1) is 13.7. The summed E-state index contributed by atoms with van der Waals surface area (Å²) in [6.07, 6.45) is 5.30. The van der Waals surface area contributed by atoms with E-state index in [2.05, 4.69) is 41.3 Å². The Hall–Kier alpha value is -3.21. The van der Waals surface area contributed by atoms with Crippen molar-refractivity contribution < 1.29 is 0 Å². The van der Waals surface area contributed by atoms with E-state index in [1.165, 1.54) is 5.56 Å². The number of H-pyrrole nitrogens is 1. The highest BCUT2D eigenvalue weighted by Crippen LogP contribution is 2.19. The Morgan fingerprint density at radius 3 is 2.39 bits per heavy atom. The molecule has 4 rings (SSSR count). The number of hydrogen-bond acceptors (Lipinski definition) is 3. The molecule has 0 fully saturated rings. The Labute approximate surface area is 164 Å². The fourth-order valence-corrected chi connectivity index (χ4v) is 3.55. The molecule has 1 atom stereocenters. The highest BCUT2D eigenvalue weighted by atomic mass is 16.1. The summed E-state index contributed by atoms with van der Waals surface area (Å²) < 4.78 is 1.89. The maximum atomic E-state index is 12.5. The molecule has 0 bridgehead atoms. The van der Waals surface area contributed by atoms with E-state index >= 15 is 0 Å². The lowest BCUT2D eigenvalue weighted by Crippen LogP contribution is -2.14. The lowest BCUT2D eigenvalue weighted by Gasteiger charge is -2.13. The summed E-state index contributed by atoms with van der Waals surface area (Å²) in [7, 11) is 0. The molecule has 1 unspecified atom stereocenters. The predicted octanol–water partition coefficient (Wildman–Crippen LogP) is 4.29. The molecule has 0 aliphatic carbocycles. The van der Waals surface area contributed by atoms with E-state index in [0.717, 1.165) is 24.8 Å². The second-order valence-electron chi connectivity index (χ2n) is 7.23. The monoisotopic (exact) mass is 372 g/mol. The largest absolute Gasteiger partial charge is 0.310 e. The topological polar surface area (TPSA) is 63.6 Å². The van der Waals surface area contributed by atoms with Crippen LogP contribution in [-0.2, 0) is 12.8 Å². The van der Waals surface area contributed by atoms with Crippen LogP contribution in [0.1, 0.15) is 42.8 Å². The summed E-state index contributed by atoms with van der Waals surface area (Å²) in [5.41, 5.74) is 3.01. The predicted molar refractivity (Wildman–Crippen MR) is 111 cm³/mol. The van der Waals surface area contributed by atoms with Crippen LogP contribution in [0.2, 0.25) is 0 Å². The SMILES string of the molecule is CC(CCCc1ccccc1)n1ncc2c(=O)[nH]c(Cc3ccccc3)nc21. The quantitative estimate of drug-likeness (QED) is 0.526. The maximum absolute atomic E-state index is 12.5. The van der Waals surface area contributed by atoms with Gasteiger partial charge < -0.3 is 4.98 Å². The van der Waals surface area contributed by atoms with Crippen LogP contribution in [0.3, 0.4) is 0 Å². The fraction of sp³-hybridized carbons (Fsp3) is 0.261. The Bertz CT molecular complexity index is 1100. The molecule has 0 spiro atoms. The average Bonchev–Trinajstić information content (AvgIpc) is 3.14. The second kappa shape index (κ2) is 8.21. The zero-order chi connectivity index (χ0) is 19.3. The van der Waals surface area contributed by atoms with Crippen LogP contribution in [0.5, 0.6) is 0 Å². The smallest absolute Gasteiger partial charge is 0.262 e. The molecule has 4 aromatic rings. The Morgan fingerprint density at radius 1 is 1.00 bits per heavy atom. The molecule has 0 aliphatic heterocycles. The molecule has 0 amide bonds. The highest BCUT2D eigenvalue weighted by molar-refractivity contribution is 5.73. The van der Waals surface area contributed by atoms with Crippen molar-refractivity contribution in [2.24, 2.45) is 0 Å². The van der Waals surface area contributed by atoms with E-state index in [1.54, 1.807) is 6.20 Å². The van der Waals surface area contributed by atoms with Crippen LogP contribution in [0.15, 0.2) is 71.7 Å². The van der Waals surface area contributed by atoms with Gasteiger partial charge in [-0.2, -0.15) is 5.10 Å². The Kier molecular flexibility index (Phi) is 5.33. The number of aromatic amines is 1. The minimum absolute atomic E-state index is 0.126. The van der Waals surface area contributed by atoms with E-state index < -0.39 is 0 Å². The van der Waals surface area contributed by atoms with Gasteiger partial charge in [0.1, 0.15) is 11.2 Å². The number of fused-ring (bicyclic) bond motifs is 1. The first kappa shape index (κ1) is 18.2. The van der Waals surface area contributed by atoms with Crippen LogP contribution in [0.4, 0.5) is 0 Å². The molecule has 142 valence electrons. The van der Waals surface area contributed by atoms with E-state index in [-0.39, 0.29) is 11.6 Å². The second-order valence-corrected chi connectivity index (χ2v) is 7.23. The molecule has 2 heterocycles. The van der Waals surface area contributed by atoms with Gasteiger partial charge in [0.2, 0.25) is 0 Å². The van der Waals surface area contributed by atoms with Gasteiger partial charge in [-0.25, -0.2) is 9.67 Å². The van der Waals surface area contributed by atoms with Crippen molar-refractivity contribution in [3.05, 3.63) is 94.2 Å². The number of rotatable bonds is 7. The molecule has 28 heavy (non-hydrogen) atoms. The van der Waals surface area contributed by atoms with Gasteiger partial charge in [-0.05, 0) is 37.3 Å². The molecular weight excluding hydrogens is 348 g/mol. The molecule has 0 saturated heterocycles. The first-order valence-corrected chi connectivity index (χ1v) is 9.75. The molecule has 0 radical (unpaired) electrons. The summed E-state index contributed by atoms with van der Waals surface area (Å²) in [4.78, 5) is 20.1. The van der Waals surface area contributed by atoms with Gasteiger partial charge in [-0.1, -0.05) is 60.7 Å². The van der Waals surface area contributed by atoms with Gasteiger partial charge in [0.05, 0.1) is 12.2 Å². The fourth-order valence-electron chi connectivity index (χ4n) is 3.55. The maximum Gasteiger partial charge on any atom is 0.262 e. The third-order valence-electron chi connectivity index (χ3n) is 5.07. The van der Waals surface area contributed by atoms with Crippen molar-refractivity contribution in [2.75, 3.05) is 0 Å². The first-order valence-electron chi connectivity index (χ1n) is 9.75. The summed E-state index contributed by atoms with van der Waals surface area (Å²) in [5, 5.41) is 5.01. The standard InChI is InChI=1S/C23H24N4O/c1-17(9-8-14-18-10-4-2-5-11-18)27-22-20(16-24-27)23(28)26-21(25-22)15-19-12-6-3-7-13-19/h2-7,10-13,16-17H,8-9,14-15H2,1H3,(H,25,26,28). The van der Waals surface area contributed by atoms with Crippen LogP contribution in [0, 0.1) is 0 Å². The van der Waals surface area contributed by atoms with Crippen LogP contribution in [-0.4, -0.2) is 19.7 Å². The minimum atomic E-state index is -0.126. The molecule has 2 aromatic heterocycles. The lowest BCUT2D eigenvalue weighted by atomic mass is 10.1. The van der Waals surface area contributed by atoms with Gasteiger partial charge in [-0.15, -0.1) is 0 Å². The van der Waals surface area contributed by atoms with Gasteiger partial charge in [0, 0.05) is 6.42 Å². The number of hydrogen-bond donors (Lipinski definition) is 1. The summed E-state index contributed by atoms with van der Waals surface area (Å²) in [6.45, 7) is 2.14. The summed E-state index contributed by atoms with van der Waals surface area (Å²) in [5.74, 6) is 0.668. The molecule has 5 nitrogen and oxygen atoms in total. The van der Waals surface area contributed by atoms with Crippen LogP contribution >= 0.6 is 0 Å². The highest BCUT2D eigenvalue weighted by Gasteiger charge is 2.14. The third-order valence-corrected chi connectivity index (χ3v) is 5.07. The normalized spacial score (nSPS) is 12.3. The van der Waals surface area contributed by atoms with Crippen LogP contribution in [0.25, 0.3) is 11.0 Å². The number of aromatic nitrogens is 4. The molecule has 0 saturated carbocycles. The Balaban J connectivity index is 1.52. The van der Waals surface area contributed by atoms with E-state index in [1.807, 2.05) is 41.1 Å². The Morgan fingerprint density at radius 2 is 1.68 bits per heavy atom. The van der Waals surface area contributed by atoms with Crippen molar-refractivity contribution in [2.45, 2.75) is 38.6 Å². The van der Waals surface area contributed by atoms with Crippen molar-refractivity contribution in [1.82, 2.24) is 19.7 Å². The van der Waals surface area contributed by atoms with Gasteiger partial charge in [0.15, 0.2) is 5.65 Å². The lowest BCUT2D eigenvalue weighted by molar-refractivity contribution is 0.456. The van der Waals surface area contributed by atoms with Crippen molar-refractivity contribution >= 4 is 11.0 Å². The van der Waals surface area contributed by atoms with Gasteiger partial charge in [-0.3, -0.25) is 4.79 Å². The van der Waals surface area contributed by atoms with E-state index in [4.69, 9.17) is 4.98 Å². The van der Waals surface area contributed by atoms with E-state index in [0.29, 0.717) is 23.3 Å². The van der Waals surface area contributed by atoms with E-state index in [9.17, 15) is 4.79 Å². The molecule has 0 aliphatic rings. The number of nitrogens with one attached hydrogen (secondary N) is 1. The third kappa shape index (κ3) is 4.03. The molecular formula is C23H24N4O. The zero-order valence-corrected chi connectivity index (χ0v) is 16.0. The number of benzene rings is 2. The van der Waals surface area contributed by atoms with Crippen molar-refractivity contribution in [3.63, 3.8) is 0 Å². The zero-order valence-electron chi connectivity index (χ0n) is 16.0.